The number of benzene rings is 2. The van der Waals surface area contributed by atoms with Gasteiger partial charge in [0.2, 0.25) is 5.89 Å². The molecule has 1 heterocycles. The predicted octanol–water partition coefficient (Wildman–Crippen LogP) is 5.12. The Hall–Kier alpha value is -1.99. The normalized spacial score (nSPS) is 11.8. The van der Waals surface area contributed by atoms with E-state index in [4.69, 9.17) is 16.0 Å². The first-order valence-corrected chi connectivity index (χ1v) is 7.48. The van der Waals surface area contributed by atoms with Crippen molar-refractivity contribution in [1.29, 1.82) is 0 Å². The molecule has 0 atom stereocenters. The molecule has 0 saturated carbocycles. The second kappa shape index (κ2) is 5.90. The van der Waals surface area contributed by atoms with E-state index >= 15 is 0 Å². The molecular weight excluding hydrogens is 351 g/mol. The summed E-state index contributed by atoms with van der Waals surface area (Å²) in [6.07, 6.45) is 0. The highest BCUT2D eigenvalue weighted by Gasteiger charge is 2.29. The molecule has 0 fully saturated rings. The molecule has 23 heavy (non-hydrogen) atoms. The second-order valence-corrected chi connectivity index (χ2v) is 6.06. The minimum atomic E-state index is -4.40. The summed E-state index contributed by atoms with van der Waals surface area (Å²) in [7, 11) is 0. The van der Waals surface area contributed by atoms with Crippen molar-refractivity contribution in [3.05, 3.63) is 57.9 Å². The van der Waals surface area contributed by atoms with Gasteiger partial charge in [-0.25, -0.2) is 9.78 Å². The Labute approximate surface area is 137 Å². The topological polar surface area (TPSA) is 43.1 Å². The largest absolute Gasteiger partial charge is 0.446 e. The van der Waals surface area contributed by atoms with Crippen LogP contribution in [-0.4, -0.2) is 10.5 Å². The van der Waals surface area contributed by atoms with Crippen molar-refractivity contribution in [3.8, 4) is 11.5 Å². The van der Waals surface area contributed by atoms with Gasteiger partial charge in [-0.05, 0) is 42.1 Å². The number of thioether (sulfide) groups is 1. The Bertz CT molecular complexity index is 940. The zero-order chi connectivity index (χ0) is 16.6. The fourth-order valence-electron chi connectivity index (χ4n) is 2.03. The van der Waals surface area contributed by atoms with Crippen molar-refractivity contribution < 1.29 is 17.6 Å². The molecule has 0 aliphatic rings. The minimum Gasteiger partial charge on any atom is -0.403 e. The van der Waals surface area contributed by atoms with Crippen LogP contribution in [-0.2, 0) is 0 Å². The van der Waals surface area contributed by atoms with Crippen molar-refractivity contribution in [1.82, 2.24) is 4.98 Å². The molecule has 0 radical (unpaired) electrons. The van der Waals surface area contributed by atoms with Crippen LogP contribution in [0.2, 0.25) is 5.02 Å². The van der Waals surface area contributed by atoms with Crippen LogP contribution in [0.4, 0.5) is 13.2 Å². The van der Waals surface area contributed by atoms with Gasteiger partial charge in [0.05, 0.1) is 10.5 Å². The Balaban J connectivity index is 2.11. The zero-order valence-corrected chi connectivity index (χ0v) is 12.8. The van der Waals surface area contributed by atoms with Gasteiger partial charge in [0.25, 0.3) is 0 Å². The average Bonchev–Trinajstić information content (AvgIpc) is 2.45. The number of fused-ring (bicyclic) bond motifs is 1. The maximum absolute atomic E-state index is 12.5. The molecule has 0 bridgehead atoms. The molecule has 0 saturated heterocycles. The lowest BCUT2D eigenvalue weighted by atomic mass is 10.2. The van der Waals surface area contributed by atoms with Crippen molar-refractivity contribution >= 4 is 34.3 Å². The fourth-order valence-corrected chi connectivity index (χ4v) is 2.88. The number of hydrogen-bond donors (Lipinski definition) is 0. The van der Waals surface area contributed by atoms with Gasteiger partial charge in [0.15, 0.2) is 0 Å². The van der Waals surface area contributed by atoms with Crippen LogP contribution in [0.3, 0.4) is 0 Å². The van der Waals surface area contributed by atoms with Gasteiger partial charge in [-0.1, -0.05) is 23.7 Å². The first-order chi connectivity index (χ1) is 10.8. The smallest absolute Gasteiger partial charge is 0.403 e. The molecule has 3 rings (SSSR count). The Morgan fingerprint density at radius 3 is 2.61 bits per heavy atom. The van der Waals surface area contributed by atoms with Crippen molar-refractivity contribution in [2.24, 2.45) is 0 Å². The molecule has 3 aromatic rings. The number of nitrogens with zero attached hydrogens (tertiary/aromatic N) is 1. The van der Waals surface area contributed by atoms with E-state index in [9.17, 15) is 18.0 Å². The van der Waals surface area contributed by atoms with Crippen LogP contribution in [0, 0.1) is 0 Å². The summed E-state index contributed by atoms with van der Waals surface area (Å²) < 4.78 is 42.5. The quantitative estimate of drug-likeness (QED) is 0.597. The Morgan fingerprint density at radius 1 is 1.13 bits per heavy atom. The lowest BCUT2D eigenvalue weighted by Crippen LogP contribution is -2.03. The van der Waals surface area contributed by atoms with Crippen LogP contribution < -0.4 is 5.63 Å². The number of halogens is 4. The molecule has 118 valence electrons. The molecule has 0 aliphatic carbocycles. The third kappa shape index (κ3) is 3.51. The first-order valence-electron chi connectivity index (χ1n) is 6.29. The van der Waals surface area contributed by atoms with Crippen molar-refractivity contribution in [2.45, 2.75) is 10.4 Å². The van der Waals surface area contributed by atoms with Gasteiger partial charge < -0.3 is 4.42 Å². The molecular formula is C15H7ClF3NO2S. The summed E-state index contributed by atoms with van der Waals surface area (Å²) in [5.74, 6) is -0.0607. The number of alkyl halides is 3. The van der Waals surface area contributed by atoms with E-state index in [1.807, 2.05) is 0 Å². The summed E-state index contributed by atoms with van der Waals surface area (Å²) in [4.78, 5) is 16.2. The van der Waals surface area contributed by atoms with Crippen molar-refractivity contribution in [2.75, 3.05) is 0 Å². The molecule has 0 N–H and O–H groups in total. The number of aromatic nitrogens is 1. The standard InChI is InChI=1S/C15H7ClF3NO2S/c16-10-5-2-6-11-12(10)14(21)22-13(20-11)8-3-1-4-9(7-8)23-15(17,18)19/h1-7H. The summed E-state index contributed by atoms with van der Waals surface area (Å²) in [6.45, 7) is 0. The molecule has 1 aromatic heterocycles. The maximum atomic E-state index is 12.5. The second-order valence-electron chi connectivity index (χ2n) is 4.52. The summed E-state index contributed by atoms with van der Waals surface area (Å²) in [5.41, 5.74) is -4.50. The maximum Gasteiger partial charge on any atom is 0.446 e. The fraction of sp³-hybridized carbons (Fsp3) is 0.0667. The Kier molecular flexibility index (Phi) is 4.08. The van der Waals surface area contributed by atoms with E-state index in [2.05, 4.69) is 4.98 Å². The average molecular weight is 358 g/mol. The van der Waals surface area contributed by atoms with Crippen LogP contribution in [0.25, 0.3) is 22.4 Å². The van der Waals surface area contributed by atoms with Crippen LogP contribution in [0.1, 0.15) is 0 Å². The van der Waals surface area contributed by atoms with E-state index in [0.29, 0.717) is 5.52 Å². The first kappa shape index (κ1) is 15.9. The van der Waals surface area contributed by atoms with Gasteiger partial charge in [0, 0.05) is 10.5 Å². The molecule has 0 spiro atoms. The monoisotopic (exact) mass is 357 g/mol. The van der Waals surface area contributed by atoms with Gasteiger partial charge >= 0.3 is 11.1 Å². The minimum absolute atomic E-state index is 0.0226. The Morgan fingerprint density at radius 2 is 1.87 bits per heavy atom. The van der Waals surface area contributed by atoms with E-state index in [1.165, 1.54) is 30.3 Å². The molecule has 0 unspecified atom stereocenters. The van der Waals surface area contributed by atoms with Gasteiger partial charge in [-0.3, -0.25) is 0 Å². The molecule has 0 amide bonds. The highest BCUT2D eigenvalue weighted by molar-refractivity contribution is 8.00. The highest BCUT2D eigenvalue weighted by atomic mass is 35.5. The highest BCUT2D eigenvalue weighted by Crippen LogP contribution is 2.38. The molecule has 0 aliphatic heterocycles. The zero-order valence-electron chi connectivity index (χ0n) is 11.2. The van der Waals surface area contributed by atoms with Crippen LogP contribution >= 0.6 is 23.4 Å². The number of rotatable bonds is 2. The lowest BCUT2D eigenvalue weighted by molar-refractivity contribution is -0.0328. The lowest BCUT2D eigenvalue weighted by Gasteiger charge is -2.07. The van der Waals surface area contributed by atoms with Crippen LogP contribution in [0.15, 0.2) is 56.6 Å². The van der Waals surface area contributed by atoms with E-state index in [-0.39, 0.29) is 38.5 Å². The van der Waals surface area contributed by atoms with Gasteiger partial charge in [0.1, 0.15) is 5.39 Å². The molecule has 2 aromatic carbocycles. The molecule has 8 heteroatoms. The summed E-state index contributed by atoms with van der Waals surface area (Å²) >= 11 is 5.68. The van der Waals surface area contributed by atoms with E-state index in [0.717, 1.165) is 0 Å². The van der Waals surface area contributed by atoms with E-state index in [1.54, 1.807) is 12.1 Å². The van der Waals surface area contributed by atoms with Gasteiger partial charge in [-0.2, -0.15) is 13.2 Å². The van der Waals surface area contributed by atoms with Crippen molar-refractivity contribution in [3.63, 3.8) is 0 Å². The van der Waals surface area contributed by atoms with Crippen LogP contribution in [0.5, 0.6) is 0 Å². The van der Waals surface area contributed by atoms with Gasteiger partial charge in [-0.15, -0.1) is 0 Å². The number of hydrogen-bond acceptors (Lipinski definition) is 4. The molecule has 3 nitrogen and oxygen atoms in total. The third-order valence-electron chi connectivity index (χ3n) is 2.92. The third-order valence-corrected chi connectivity index (χ3v) is 3.96. The van der Waals surface area contributed by atoms with E-state index < -0.39 is 11.1 Å². The predicted molar refractivity (Wildman–Crippen MR) is 82.6 cm³/mol. The summed E-state index contributed by atoms with van der Waals surface area (Å²) in [6, 6.07) is 10.3. The summed E-state index contributed by atoms with van der Waals surface area (Å²) in [5, 5.41) is 0.343. The SMILES string of the molecule is O=c1oc(-c2cccc(SC(F)(F)F)c2)nc2cccc(Cl)c12.